The van der Waals surface area contributed by atoms with E-state index in [2.05, 4.69) is 12.0 Å². The SMILES string of the molecule is CCCn1cc(C(N)COC(C)(C)C)cn1. The van der Waals surface area contributed by atoms with Gasteiger partial charge >= 0.3 is 0 Å². The molecule has 1 rings (SSSR count). The molecule has 1 unspecified atom stereocenters. The zero-order chi connectivity index (χ0) is 12.2. The van der Waals surface area contributed by atoms with Gasteiger partial charge in [-0.3, -0.25) is 4.68 Å². The summed E-state index contributed by atoms with van der Waals surface area (Å²) in [5.74, 6) is 0. The van der Waals surface area contributed by atoms with E-state index < -0.39 is 0 Å². The number of nitrogens with two attached hydrogens (primary N) is 1. The molecule has 0 aromatic carbocycles. The number of aromatic nitrogens is 2. The van der Waals surface area contributed by atoms with Crippen LogP contribution in [0.4, 0.5) is 0 Å². The lowest BCUT2D eigenvalue weighted by atomic mass is 10.1. The van der Waals surface area contributed by atoms with Gasteiger partial charge in [0.15, 0.2) is 0 Å². The number of hydrogen-bond acceptors (Lipinski definition) is 3. The van der Waals surface area contributed by atoms with Crippen LogP contribution < -0.4 is 5.73 Å². The first-order valence-corrected chi connectivity index (χ1v) is 5.84. The van der Waals surface area contributed by atoms with Crippen molar-refractivity contribution < 1.29 is 4.74 Å². The van der Waals surface area contributed by atoms with Crippen molar-refractivity contribution >= 4 is 0 Å². The van der Waals surface area contributed by atoms with Crippen molar-refractivity contribution in [1.29, 1.82) is 0 Å². The normalized spacial score (nSPS) is 14.1. The molecule has 0 saturated carbocycles. The molecule has 16 heavy (non-hydrogen) atoms. The number of ether oxygens (including phenoxy) is 1. The second-order valence-electron chi connectivity index (χ2n) is 5.07. The quantitative estimate of drug-likeness (QED) is 0.835. The van der Waals surface area contributed by atoms with E-state index >= 15 is 0 Å². The molecule has 0 aliphatic rings. The highest BCUT2D eigenvalue weighted by atomic mass is 16.5. The Morgan fingerprint density at radius 1 is 1.50 bits per heavy atom. The number of hydrogen-bond donors (Lipinski definition) is 1. The lowest BCUT2D eigenvalue weighted by molar-refractivity contribution is -0.0102. The average molecular weight is 225 g/mol. The van der Waals surface area contributed by atoms with Crippen molar-refractivity contribution in [2.24, 2.45) is 5.73 Å². The molecule has 1 aromatic rings. The molecule has 4 heteroatoms. The van der Waals surface area contributed by atoms with Crippen LogP contribution in [0.2, 0.25) is 0 Å². The second kappa shape index (κ2) is 5.46. The molecule has 4 nitrogen and oxygen atoms in total. The van der Waals surface area contributed by atoms with E-state index in [0.717, 1.165) is 18.5 Å². The van der Waals surface area contributed by atoms with Crippen molar-refractivity contribution in [3.8, 4) is 0 Å². The van der Waals surface area contributed by atoms with Gasteiger partial charge in [-0.05, 0) is 27.2 Å². The van der Waals surface area contributed by atoms with E-state index in [0.29, 0.717) is 6.61 Å². The summed E-state index contributed by atoms with van der Waals surface area (Å²) in [5, 5.41) is 4.25. The molecule has 0 aliphatic carbocycles. The van der Waals surface area contributed by atoms with Crippen LogP contribution in [0.3, 0.4) is 0 Å². The first kappa shape index (κ1) is 13.2. The third-order valence-electron chi connectivity index (χ3n) is 2.23. The monoisotopic (exact) mass is 225 g/mol. The maximum atomic E-state index is 6.03. The van der Waals surface area contributed by atoms with Crippen molar-refractivity contribution in [2.75, 3.05) is 6.61 Å². The average Bonchev–Trinajstić information content (AvgIpc) is 2.62. The van der Waals surface area contributed by atoms with Crippen molar-refractivity contribution in [1.82, 2.24) is 9.78 Å². The molecule has 0 saturated heterocycles. The summed E-state index contributed by atoms with van der Waals surface area (Å²) in [6.07, 6.45) is 4.90. The maximum absolute atomic E-state index is 6.03. The fourth-order valence-corrected chi connectivity index (χ4v) is 1.36. The van der Waals surface area contributed by atoms with Crippen molar-refractivity contribution in [3.05, 3.63) is 18.0 Å². The predicted octanol–water partition coefficient (Wildman–Crippen LogP) is 2.11. The lowest BCUT2D eigenvalue weighted by Crippen LogP contribution is -2.26. The molecule has 2 N–H and O–H groups in total. The molecular weight excluding hydrogens is 202 g/mol. The van der Waals surface area contributed by atoms with E-state index in [1.807, 2.05) is 37.8 Å². The Morgan fingerprint density at radius 2 is 2.19 bits per heavy atom. The van der Waals surface area contributed by atoms with E-state index in [-0.39, 0.29) is 11.6 Å². The summed E-state index contributed by atoms with van der Waals surface area (Å²) < 4.78 is 7.58. The van der Waals surface area contributed by atoms with Gasteiger partial charge in [0.25, 0.3) is 0 Å². The molecule has 0 fully saturated rings. The van der Waals surface area contributed by atoms with Gasteiger partial charge in [0.2, 0.25) is 0 Å². The predicted molar refractivity (Wildman–Crippen MR) is 65.2 cm³/mol. The molecule has 0 radical (unpaired) electrons. The van der Waals surface area contributed by atoms with E-state index in [1.165, 1.54) is 0 Å². The maximum Gasteiger partial charge on any atom is 0.0667 e. The molecule has 0 spiro atoms. The Balaban J connectivity index is 2.49. The minimum atomic E-state index is -0.142. The highest BCUT2D eigenvalue weighted by molar-refractivity contribution is 5.09. The highest BCUT2D eigenvalue weighted by Crippen LogP contribution is 2.14. The Kier molecular flexibility index (Phi) is 4.50. The van der Waals surface area contributed by atoms with Crippen LogP contribution in [0.5, 0.6) is 0 Å². The topological polar surface area (TPSA) is 53.1 Å². The van der Waals surface area contributed by atoms with Gasteiger partial charge in [-0.25, -0.2) is 0 Å². The number of rotatable bonds is 5. The Hall–Kier alpha value is -0.870. The Bertz CT molecular complexity index is 314. The number of nitrogens with zero attached hydrogens (tertiary/aromatic N) is 2. The second-order valence-corrected chi connectivity index (χ2v) is 5.07. The van der Waals surface area contributed by atoms with Crippen LogP contribution in [-0.2, 0) is 11.3 Å². The van der Waals surface area contributed by atoms with Gasteiger partial charge in [-0.2, -0.15) is 5.10 Å². The van der Waals surface area contributed by atoms with E-state index in [1.54, 1.807) is 0 Å². The van der Waals surface area contributed by atoms with Crippen molar-refractivity contribution in [2.45, 2.75) is 52.3 Å². The van der Waals surface area contributed by atoms with Gasteiger partial charge < -0.3 is 10.5 Å². The molecule has 1 aromatic heterocycles. The van der Waals surface area contributed by atoms with Crippen molar-refractivity contribution in [3.63, 3.8) is 0 Å². The minimum Gasteiger partial charge on any atom is -0.374 e. The summed E-state index contributed by atoms with van der Waals surface area (Å²) in [7, 11) is 0. The lowest BCUT2D eigenvalue weighted by Gasteiger charge is -2.21. The summed E-state index contributed by atoms with van der Waals surface area (Å²) in [4.78, 5) is 0. The minimum absolute atomic E-state index is 0.0927. The van der Waals surface area contributed by atoms with Crippen LogP contribution in [0.1, 0.15) is 45.7 Å². The molecule has 0 aliphatic heterocycles. The van der Waals surface area contributed by atoms with Gasteiger partial charge in [-0.15, -0.1) is 0 Å². The largest absolute Gasteiger partial charge is 0.374 e. The van der Waals surface area contributed by atoms with Crippen LogP contribution in [0.25, 0.3) is 0 Å². The first-order valence-electron chi connectivity index (χ1n) is 5.84. The van der Waals surface area contributed by atoms with E-state index in [4.69, 9.17) is 10.5 Å². The van der Waals surface area contributed by atoms with E-state index in [9.17, 15) is 0 Å². The van der Waals surface area contributed by atoms with Gasteiger partial charge in [0, 0.05) is 18.3 Å². The fourth-order valence-electron chi connectivity index (χ4n) is 1.36. The van der Waals surface area contributed by atoms with Gasteiger partial charge in [-0.1, -0.05) is 6.92 Å². The van der Waals surface area contributed by atoms with Gasteiger partial charge in [0.1, 0.15) is 0 Å². The summed E-state index contributed by atoms with van der Waals surface area (Å²) in [6.45, 7) is 9.68. The molecule has 0 bridgehead atoms. The van der Waals surface area contributed by atoms with Crippen LogP contribution in [0, 0.1) is 0 Å². The zero-order valence-corrected chi connectivity index (χ0v) is 10.7. The van der Waals surface area contributed by atoms with Gasteiger partial charge in [0.05, 0.1) is 24.4 Å². The third-order valence-corrected chi connectivity index (χ3v) is 2.23. The first-order chi connectivity index (χ1) is 7.42. The summed E-state index contributed by atoms with van der Waals surface area (Å²) in [5.41, 5.74) is 6.93. The summed E-state index contributed by atoms with van der Waals surface area (Å²) in [6, 6.07) is -0.0927. The Labute approximate surface area is 97.8 Å². The number of aryl methyl sites for hydroxylation is 1. The zero-order valence-electron chi connectivity index (χ0n) is 10.7. The molecule has 1 heterocycles. The van der Waals surface area contributed by atoms with Crippen LogP contribution >= 0.6 is 0 Å². The summed E-state index contributed by atoms with van der Waals surface area (Å²) >= 11 is 0. The smallest absolute Gasteiger partial charge is 0.0667 e. The highest BCUT2D eigenvalue weighted by Gasteiger charge is 2.15. The molecule has 1 atom stereocenters. The standard InChI is InChI=1S/C12H23N3O/c1-5-6-15-8-10(7-14-15)11(13)9-16-12(2,3)4/h7-8,11H,5-6,9,13H2,1-4H3. The third kappa shape index (κ3) is 4.33. The molecule has 92 valence electrons. The fraction of sp³-hybridized carbons (Fsp3) is 0.750. The molecule has 0 amide bonds. The van der Waals surface area contributed by atoms with Crippen LogP contribution in [0.15, 0.2) is 12.4 Å². The molecular formula is C12H23N3O. The van der Waals surface area contributed by atoms with Crippen LogP contribution in [-0.4, -0.2) is 22.0 Å². The Morgan fingerprint density at radius 3 is 2.75 bits per heavy atom.